The monoisotopic (exact) mass is 495 g/mol. The SMILES string of the molecule is O=C(c1ccc(Cl)c([N+](=O)[O-])c1)N(CC(=O)N1CCc2sccc2C1c1ccccc1)C1CC1. The molecule has 0 bridgehead atoms. The Morgan fingerprint density at radius 3 is 2.62 bits per heavy atom. The molecule has 0 radical (unpaired) electrons. The number of amides is 2. The fourth-order valence-corrected chi connectivity index (χ4v) is 5.61. The van der Waals surface area contributed by atoms with Gasteiger partial charge in [0.25, 0.3) is 11.6 Å². The first-order chi connectivity index (χ1) is 16.4. The zero-order valence-electron chi connectivity index (χ0n) is 18.2. The Balaban J connectivity index is 1.42. The summed E-state index contributed by atoms with van der Waals surface area (Å²) in [6.45, 7) is 0.508. The van der Waals surface area contributed by atoms with Crippen molar-refractivity contribution >= 4 is 40.4 Å². The summed E-state index contributed by atoms with van der Waals surface area (Å²) in [5.41, 5.74) is 2.01. The minimum atomic E-state index is -0.609. The minimum Gasteiger partial charge on any atom is -0.330 e. The van der Waals surface area contributed by atoms with Gasteiger partial charge in [0, 0.05) is 29.1 Å². The average Bonchev–Trinajstić information content (AvgIpc) is 3.57. The minimum absolute atomic E-state index is 0.0267. The highest BCUT2D eigenvalue weighted by atomic mass is 35.5. The van der Waals surface area contributed by atoms with Crippen LogP contribution < -0.4 is 0 Å². The number of benzene rings is 2. The summed E-state index contributed by atoms with van der Waals surface area (Å²) in [6.07, 6.45) is 2.40. The molecule has 1 atom stereocenters. The largest absolute Gasteiger partial charge is 0.330 e. The zero-order chi connectivity index (χ0) is 23.8. The van der Waals surface area contributed by atoms with Gasteiger partial charge in [0.1, 0.15) is 11.6 Å². The van der Waals surface area contributed by atoms with Crippen molar-refractivity contribution in [1.82, 2.24) is 9.80 Å². The molecule has 1 aromatic heterocycles. The predicted octanol–water partition coefficient (Wildman–Crippen LogP) is 5.09. The summed E-state index contributed by atoms with van der Waals surface area (Å²) >= 11 is 7.62. The fourth-order valence-electron chi connectivity index (χ4n) is 4.52. The number of hydrogen-bond donors (Lipinski definition) is 0. The van der Waals surface area contributed by atoms with E-state index in [1.165, 1.54) is 23.1 Å². The number of thiophene rings is 1. The molecule has 0 N–H and O–H groups in total. The molecule has 2 amide bonds. The molecule has 3 aromatic rings. The van der Waals surface area contributed by atoms with Crippen LogP contribution in [0.2, 0.25) is 5.02 Å². The van der Waals surface area contributed by atoms with Gasteiger partial charge in [0.15, 0.2) is 0 Å². The van der Waals surface area contributed by atoms with Crippen LogP contribution in [0.15, 0.2) is 60.0 Å². The lowest BCUT2D eigenvalue weighted by Crippen LogP contribution is -2.47. The van der Waals surface area contributed by atoms with Crippen LogP contribution in [-0.2, 0) is 11.2 Å². The normalized spacial score (nSPS) is 17.2. The highest BCUT2D eigenvalue weighted by Gasteiger charge is 2.38. The Morgan fingerprint density at radius 1 is 1.15 bits per heavy atom. The number of nitrogens with zero attached hydrogens (tertiary/aromatic N) is 3. The topological polar surface area (TPSA) is 83.8 Å². The molecular formula is C25H22ClN3O4S. The Hall–Kier alpha value is -3.23. The van der Waals surface area contributed by atoms with Crippen LogP contribution in [-0.4, -0.2) is 45.7 Å². The number of rotatable bonds is 6. The maximum atomic E-state index is 13.6. The van der Waals surface area contributed by atoms with Gasteiger partial charge in [-0.2, -0.15) is 0 Å². The van der Waals surface area contributed by atoms with Crippen molar-refractivity contribution < 1.29 is 14.5 Å². The number of nitro benzene ring substituents is 1. The van der Waals surface area contributed by atoms with Crippen molar-refractivity contribution in [1.29, 1.82) is 0 Å². The first kappa shape index (κ1) is 22.6. The molecule has 1 aliphatic carbocycles. The molecule has 174 valence electrons. The molecule has 0 spiro atoms. The molecule has 2 aliphatic rings. The highest BCUT2D eigenvalue weighted by molar-refractivity contribution is 7.10. The second-order valence-electron chi connectivity index (χ2n) is 8.54. The molecule has 2 aromatic carbocycles. The fraction of sp³-hybridized carbons (Fsp3) is 0.280. The lowest BCUT2D eigenvalue weighted by molar-refractivity contribution is -0.384. The van der Waals surface area contributed by atoms with E-state index >= 15 is 0 Å². The van der Waals surface area contributed by atoms with Crippen molar-refractivity contribution in [3.8, 4) is 0 Å². The third kappa shape index (κ3) is 4.31. The van der Waals surface area contributed by atoms with Crippen LogP contribution in [0.5, 0.6) is 0 Å². The Labute approximate surface area is 205 Å². The van der Waals surface area contributed by atoms with Crippen LogP contribution in [0.4, 0.5) is 5.69 Å². The number of fused-ring (bicyclic) bond motifs is 1. The van der Waals surface area contributed by atoms with Crippen LogP contribution in [0.25, 0.3) is 0 Å². The van der Waals surface area contributed by atoms with E-state index in [4.69, 9.17) is 11.6 Å². The second kappa shape index (κ2) is 9.19. The van der Waals surface area contributed by atoms with Gasteiger partial charge < -0.3 is 9.80 Å². The summed E-state index contributed by atoms with van der Waals surface area (Å²) in [5.74, 6) is -0.519. The van der Waals surface area contributed by atoms with E-state index in [0.29, 0.717) is 6.54 Å². The predicted molar refractivity (Wildman–Crippen MR) is 130 cm³/mol. The number of carbonyl (C=O) groups is 2. The van der Waals surface area contributed by atoms with Gasteiger partial charge >= 0.3 is 0 Å². The van der Waals surface area contributed by atoms with Gasteiger partial charge in [-0.05, 0) is 54.0 Å². The molecule has 34 heavy (non-hydrogen) atoms. The van der Waals surface area contributed by atoms with Crippen LogP contribution in [0.3, 0.4) is 0 Å². The summed E-state index contributed by atoms with van der Waals surface area (Å²) in [4.78, 5) is 42.3. The first-order valence-electron chi connectivity index (χ1n) is 11.1. The van der Waals surface area contributed by atoms with Gasteiger partial charge in [-0.15, -0.1) is 11.3 Å². The lowest BCUT2D eigenvalue weighted by Gasteiger charge is -2.37. The van der Waals surface area contributed by atoms with E-state index < -0.39 is 4.92 Å². The maximum absolute atomic E-state index is 13.6. The van der Waals surface area contributed by atoms with Crippen LogP contribution in [0, 0.1) is 10.1 Å². The van der Waals surface area contributed by atoms with E-state index in [0.717, 1.165) is 30.4 Å². The maximum Gasteiger partial charge on any atom is 0.288 e. The summed E-state index contributed by atoms with van der Waals surface area (Å²) in [5, 5.41) is 13.3. The Bertz CT molecular complexity index is 1260. The molecule has 5 rings (SSSR count). The van der Waals surface area contributed by atoms with Crippen molar-refractivity contribution in [2.24, 2.45) is 0 Å². The summed E-state index contributed by atoms with van der Waals surface area (Å²) < 4.78 is 0. The van der Waals surface area contributed by atoms with Gasteiger partial charge in [-0.3, -0.25) is 19.7 Å². The standard InChI is InChI=1S/C25H22ClN3O4S/c26-20-9-6-17(14-21(20)29(32)33)25(31)28(18-7-8-18)15-23(30)27-12-10-22-19(11-13-34-22)24(27)16-4-2-1-3-5-16/h1-6,9,11,13-14,18,24H,7-8,10,12,15H2. The Kier molecular flexibility index (Phi) is 6.10. The molecule has 7 nitrogen and oxygen atoms in total. The van der Waals surface area contributed by atoms with Gasteiger partial charge in [-0.1, -0.05) is 41.9 Å². The van der Waals surface area contributed by atoms with Gasteiger partial charge in [0.2, 0.25) is 5.91 Å². The number of halogens is 1. The molecule has 1 unspecified atom stereocenters. The van der Waals surface area contributed by atoms with Gasteiger partial charge in [-0.25, -0.2) is 0 Å². The third-order valence-corrected chi connectivity index (χ3v) is 7.66. The number of carbonyl (C=O) groups excluding carboxylic acids is 2. The quantitative estimate of drug-likeness (QED) is 0.352. The zero-order valence-corrected chi connectivity index (χ0v) is 19.8. The van der Waals surface area contributed by atoms with E-state index in [2.05, 4.69) is 11.4 Å². The van der Waals surface area contributed by atoms with Crippen molar-refractivity contribution in [2.75, 3.05) is 13.1 Å². The Morgan fingerprint density at radius 2 is 1.91 bits per heavy atom. The molecule has 1 fully saturated rings. The van der Waals surface area contributed by atoms with Crippen LogP contribution >= 0.6 is 22.9 Å². The summed E-state index contributed by atoms with van der Waals surface area (Å²) in [7, 11) is 0. The van der Waals surface area contributed by atoms with Crippen molar-refractivity contribution in [3.63, 3.8) is 0 Å². The van der Waals surface area contributed by atoms with Crippen molar-refractivity contribution in [2.45, 2.75) is 31.3 Å². The molecule has 9 heteroatoms. The average molecular weight is 496 g/mol. The smallest absolute Gasteiger partial charge is 0.288 e. The van der Waals surface area contributed by atoms with Crippen LogP contribution in [0.1, 0.15) is 45.2 Å². The highest BCUT2D eigenvalue weighted by Crippen LogP contribution is 2.38. The first-order valence-corrected chi connectivity index (χ1v) is 12.4. The molecule has 0 saturated heterocycles. The number of hydrogen-bond acceptors (Lipinski definition) is 5. The van der Waals surface area contributed by atoms with E-state index in [1.807, 2.05) is 35.2 Å². The third-order valence-electron chi connectivity index (χ3n) is 6.35. The lowest BCUT2D eigenvalue weighted by atomic mass is 9.93. The van der Waals surface area contributed by atoms with Crippen molar-refractivity contribution in [3.05, 3.63) is 96.7 Å². The molecule has 2 heterocycles. The summed E-state index contributed by atoms with van der Waals surface area (Å²) in [6, 6.07) is 15.8. The van der Waals surface area contributed by atoms with E-state index in [9.17, 15) is 19.7 Å². The molecule has 1 aliphatic heterocycles. The van der Waals surface area contributed by atoms with Gasteiger partial charge in [0.05, 0.1) is 11.0 Å². The number of nitro groups is 1. The second-order valence-corrected chi connectivity index (χ2v) is 9.94. The van der Waals surface area contributed by atoms with E-state index in [1.54, 1.807) is 16.2 Å². The molecule has 1 saturated carbocycles. The van der Waals surface area contributed by atoms with E-state index in [-0.39, 0.29) is 46.7 Å². The molecular weight excluding hydrogens is 474 g/mol.